The minimum Gasteiger partial charge on any atom is -0.494 e. The van der Waals surface area contributed by atoms with E-state index in [1.165, 1.54) is 0 Å². The molecule has 0 aliphatic carbocycles. The predicted molar refractivity (Wildman–Crippen MR) is 57.0 cm³/mol. The van der Waals surface area contributed by atoms with Gasteiger partial charge in [-0.2, -0.15) is 0 Å². The second-order valence-electron chi connectivity index (χ2n) is 2.93. The topological polar surface area (TPSA) is 38.3 Å². The van der Waals surface area contributed by atoms with Crippen molar-refractivity contribution in [1.82, 2.24) is 0 Å². The first kappa shape index (κ1) is 9.40. The number of fused-ring (bicyclic) bond motifs is 1. The van der Waals surface area contributed by atoms with Gasteiger partial charge in [-0.15, -0.1) is 11.8 Å². The van der Waals surface area contributed by atoms with Crippen LogP contribution in [0.25, 0.3) is 0 Å². The summed E-state index contributed by atoms with van der Waals surface area (Å²) in [4.78, 5) is 12.2. The van der Waals surface area contributed by atoms with Crippen LogP contribution in [-0.4, -0.2) is 18.3 Å². The number of hydrogen-bond acceptors (Lipinski definition) is 3. The molecule has 0 unspecified atom stereocenters. The fourth-order valence-electron chi connectivity index (χ4n) is 1.31. The van der Waals surface area contributed by atoms with Crippen LogP contribution < -0.4 is 10.1 Å². The predicted octanol–water partition coefficient (Wildman–Crippen LogP) is 2.13. The number of thioether (sulfide) groups is 1. The first-order valence-corrected chi connectivity index (χ1v) is 5.47. The standard InChI is InChI=1S/C10H11NO2S/c1-2-13-7-3-4-8-9(5-7)14-6-10(12)11-8/h3-5H,2,6H2,1H3,(H,11,12). The van der Waals surface area contributed by atoms with Crippen LogP contribution in [0.3, 0.4) is 0 Å². The molecule has 0 saturated heterocycles. The molecule has 2 rings (SSSR count). The van der Waals surface area contributed by atoms with Crippen LogP contribution in [0.4, 0.5) is 5.69 Å². The summed E-state index contributed by atoms with van der Waals surface area (Å²) in [6.07, 6.45) is 0. The van der Waals surface area contributed by atoms with Crippen LogP contribution in [0.5, 0.6) is 5.75 Å². The second-order valence-corrected chi connectivity index (χ2v) is 3.95. The molecule has 1 amide bonds. The van der Waals surface area contributed by atoms with E-state index >= 15 is 0 Å². The summed E-state index contributed by atoms with van der Waals surface area (Å²) in [5.41, 5.74) is 0.884. The molecule has 1 heterocycles. The van der Waals surface area contributed by atoms with Crippen molar-refractivity contribution in [2.75, 3.05) is 17.7 Å². The first-order valence-electron chi connectivity index (χ1n) is 4.49. The molecule has 0 fully saturated rings. The van der Waals surface area contributed by atoms with Crippen LogP contribution >= 0.6 is 11.8 Å². The quantitative estimate of drug-likeness (QED) is 0.811. The molecule has 0 spiro atoms. The van der Waals surface area contributed by atoms with Crippen LogP contribution in [0.2, 0.25) is 0 Å². The van der Waals surface area contributed by atoms with Crippen LogP contribution in [0, 0.1) is 0 Å². The number of hydrogen-bond donors (Lipinski definition) is 1. The van der Waals surface area contributed by atoms with Gasteiger partial charge in [0.2, 0.25) is 5.91 Å². The lowest BCUT2D eigenvalue weighted by atomic mass is 10.3. The molecule has 1 aromatic carbocycles. The Hall–Kier alpha value is -1.16. The van der Waals surface area contributed by atoms with E-state index in [1.54, 1.807) is 11.8 Å². The molecule has 1 aliphatic heterocycles. The highest BCUT2D eigenvalue weighted by molar-refractivity contribution is 8.00. The van der Waals surface area contributed by atoms with E-state index in [-0.39, 0.29) is 5.91 Å². The highest BCUT2D eigenvalue weighted by atomic mass is 32.2. The summed E-state index contributed by atoms with van der Waals surface area (Å²) in [7, 11) is 0. The molecule has 4 heteroatoms. The summed E-state index contributed by atoms with van der Waals surface area (Å²) < 4.78 is 5.37. The van der Waals surface area contributed by atoms with Gasteiger partial charge in [0.05, 0.1) is 18.0 Å². The van der Waals surface area contributed by atoms with Gasteiger partial charge in [0.25, 0.3) is 0 Å². The SMILES string of the molecule is CCOc1ccc2c(c1)SCC(=O)N2. The third-order valence-electron chi connectivity index (χ3n) is 1.90. The lowest BCUT2D eigenvalue weighted by Crippen LogP contribution is -2.18. The molecule has 0 atom stereocenters. The highest BCUT2D eigenvalue weighted by Crippen LogP contribution is 2.34. The van der Waals surface area contributed by atoms with Crippen molar-refractivity contribution < 1.29 is 9.53 Å². The number of rotatable bonds is 2. The van der Waals surface area contributed by atoms with E-state index in [4.69, 9.17) is 4.74 Å². The van der Waals surface area contributed by atoms with E-state index in [0.717, 1.165) is 16.3 Å². The van der Waals surface area contributed by atoms with Crippen LogP contribution in [0.1, 0.15) is 6.92 Å². The van der Waals surface area contributed by atoms with Crippen molar-refractivity contribution in [3.05, 3.63) is 18.2 Å². The molecule has 0 aromatic heterocycles. The molecule has 1 N–H and O–H groups in total. The smallest absolute Gasteiger partial charge is 0.234 e. The van der Waals surface area contributed by atoms with E-state index < -0.39 is 0 Å². The molecule has 0 bridgehead atoms. The molecular weight excluding hydrogens is 198 g/mol. The van der Waals surface area contributed by atoms with Crippen molar-refractivity contribution in [3.8, 4) is 5.75 Å². The molecule has 0 saturated carbocycles. The number of anilines is 1. The fraction of sp³-hybridized carbons (Fsp3) is 0.300. The maximum absolute atomic E-state index is 11.1. The monoisotopic (exact) mass is 209 g/mol. The number of ether oxygens (including phenoxy) is 1. The van der Waals surface area contributed by atoms with Crippen molar-refractivity contribution in [2.45, 2.75) is 11.8 Å². The Kier molecular flexibility index (Phi) is 2.63. The summed E-state index contributed by atoms with van der Waals surface area (Å²) >= 11 is 1.54. The van der Waals surface area contributed by atoms with E-state index in [0.29, 0.717) is 12.4 Å². The van der Waals surface area contributed by atoms with Gasteiger partial charge in [0.1, 0.15) is 5.75 Å². The first-order chi connectivity index (χ1) is 6.79. The second kappa shape index (κ2) is 3.92. The van der Waals surface area contributed by atoms with Crippen molar-refractivity contribution in [3.63, 3.8) is 0 Å². The van der Waals surface area contributed by atoms with Gasteiger partial charge in [0, 0.05) is 4.90 Å². The van der Waals surface area contributed by atoms with E-state index in [1.807, 2.05) is 25.1 Å². The van der Waals surface area contributed by atoms with Gasteiger partial charge in [-0.05, 0) is 25.1 Å². The van der Waals surface area contributed by atoms with Gasteiger partial charge in [0.15, 0.2) is 0 Å². The summed E-state index contributed by atoms with van der Waals surface area (Å²) in [5, 5.41) is 2.81. The Morgan fingerprint density at radius 2 is 2.43 bits per heavy atom. The van der Waals surface area contributed by atoms with E-state index in [9.17, 15) is 4.79 Å². The Balaban J connectivity index is 2.26. The van der Waals surface area contributed by atoms with Crippen molar-refractivity contribution >= 4 is 23.4 Å². The number of amides is 1. The number of carbonyl (C=O) groups excluding carboxylic acids is 1. The Labute approximate surface area is 86.8 Å². The minimum absolute atomic E-state index is 0.0617. The average Bonchev–Trinajstić information content (AvgIpc) is 2.19. The molecule has 0 radical (unpaired) electrons. The number of carbonyl (C=O) groups is 1. The number of benzene rings is 1. The van der Waals surface area contributed by atoms with Crippen LogP contribution in [0.15, 0.2) is 23.1 Å². The van der Waals surface area contributed by atoms with Gasteiger partial charge in [-0.3, -0.25) is 4.79 Å². The summed E-state index contributed by atoms with van der Waals surface area (Å²) in [6.45, 7) is 2.62. The zero-order valence-electron chi connectivity index (χ0n) is 7.87. The average molecular weight is 209 g/mol. The Morgan fingerprint density at radius 1 is 1.57 bits per heavy atom. The van der Waals surface area contributed by atoms with Gasteiger partial charge in [-0.25, -0.2) is 0 Å². The maximum atomic E-state index is 11.1. The molecule has 74 valence electrons. The number of nitrogens with one attached hydrogen (secondary N) is 1. The lowest BCUT2D eigenvalue weighted by molar-refractivity contribution is -0.113. The molecule has 14 heavy (non-hydrogen) atoms. The third-order valence-corrected chi connectivity index (χ3v) is 2.95. The zero-order chi connectivity index (χ0) is 9.97. The van der Waals surface area contributed by atoms with Gasteiger partial charge in [-0.1, -0.05) is 0 Å². The zero-order valence-corrected chi connectivity index (χ0v) is 8.69. The van der Waals surface area contributed by atoms with E-state index in [2.05, 4.69) is 5.32 Å². The molecule has 1 aromatic rings. The third kappa shape index (κ3) is 1.85. The van der Waals surface area contributed by atoms with Crippen molar-refractivity contribution in [1.29, 1.82) is 0 Å². The highest BCUT2D eigenvalue weighted by Gasteiger charge is 2.15. The molecule has 3 nitrogen and oxygen atoms in total. The summed E-state index contributed by atoms with van der Waals surface area (Å²) in [5.74, 6) is 1.41. The van der Waals surface area contributed by atoms with Gasteiger partial charge >= 0.3 is 0 Å². The Morgan fingerprint density at radius 3 is 3.21 bits per heavy atom. The molecular formula is C10H11NO2S. The lowest BCUT2D eigenvalue weighted by Gasteiger charge is -2.16. The normalized spacial score (nSPS) is 14.5. The molecule has 1 aliphatic rings. The Bertz CT molecular complexity index is 365. The largest absolute Gasteiger partial charge is 0.494 e. The fourth-order valence-corrected chi connectivity index (χ4v) is 2.14. The van der Waals surface area contributed by atoms with Crippen LogP contribution in [-0.2, 0) is 4.79 Å². The maximum Gasteiger partial charge on any atom is 0.234 e. The minimum atomic E-state index is 0.0617. The van der Waals surface area contributed by atoms with Crippen molar-refractivity contribution in [2.24, 2.45) is 0 Å². The van der Waals surface area contributed by atoms with Gasteiger partial charge < -0.3 is 10.1 Å². The summed E-state index contributed by atoms with van der Waals surface area (Å²) in [6, 6.07) is 5.71.